The summed E-state index contributed by atoms with van der Waals surface area (Å²) in [6, 6.07) is 14.3. The van der Waals surface area contributed by atoms with Crippen molar-refractivity contribution in [1.82, 2.24) is 0 Å². The minimum absolute atomic E-state index is 0.168. The first kappa shape index (κ1) is 20.3. The van der Waals surface area contributed by atoms with Gasteiger partial charge in [0.05, 0.1) is 12.0 Å². The number of benzene rings is 2. The van der Waals surface area contributed by atoms with Crippen LogP contribution in [0.25, 0.3) is 6.08 Å². The molecule has 1 saturated carbocycles. The third kappa shape index (κ3) is 3.90. The highest BCUT2D eigenvalue weighted by molar-refractivity contribution is 7.93. The Balaban J connectivity index is 1.92. The number of hydrogen-bond donors (Lipinski definition) is 0. The predicted octanol–water partition coefficient (Wildman–Crippen LogP) is 4.76. The van der Waals surface area contributed by atoms with Crippen LogP contribution in [0.15, 0.2) is 59.5 Å². The fourth-order valence-corrected chi connectivity index (χ4v) is 5.79. The van der Waals surface area contributed by atoms with Gasteiger partial charge in [0.1, 0.15) is 10.5 Å². The lowest BCUT2D eigenvalue weighted by Crippen LogP contribution is -2.48. The molecule has 3 rings (SSSR count). The number of allylic oxidation sites excluding steroid dienone is 1. The van der Waals surface area contributed by atoms with E-state index < -0.39 is 14.6 Å². The predicted molar refractivity (Wildman–Crippen MR) is 111 cm³/mol. The molecule has 1 fully saturated rings. The average molecular weight is 399 g/mol. The lowest BCUT2D eigenvalue weighted by Gasteiger charge is -2.34. The Morgan fingerprint density at radius 1 is 1.04 bits per heavy atom. The molecule has 4 nitrogen and oxygen atoms in total. The molecule has 1 aliphatic carbocycles. The molecule has 0 unspecified atom stereocenters. The largest absolute Gasteiger partial charge is 0.497 e. The van der Waals surface area contributed by atoms with Crippen molar-refractivity contribution in [2.45, 2.75) is 48.7 Å². The standard InChI is InChI=1S/C23H26O4S/c1-18-8-14-21(15-9-18)28(25,26)23(16-4-3-7-22(23)24)17-5-6-19-10-12-20(27-2)13-11-19/h5-6,8-15H,3-4,7,16-17H2,1-2H3/b6-5+/t23-/m1/s1. The van der Waals surface area contributed by atoms with E-state index >= 15 is 0 Å². The summed E-state index contributed by atoms with van der Waals surface area (Å²) < 4.78 is 30.8. The van der Waals surface area contributed by atoms with Gasteiger partial charge in [-0.25, -0.2) is 8.42 Å². The second kappa shape index (κ2) is 8.31. The lowest BCUT2D eigenvalue weighted by molar-refractivity contribution is -0.123. The highest BCUT2D eigenvalue weighted by Gasteiger charge is 2.50. The van der Waals surface area contributed by atoms with Crippen LogP contribution in [0.2, 0.25) is 0 Å². The number of hydrogen-bond acceptors (Lipinski definition) is 4. The fourth-order valence-electron chi connectivity index (χ4n) is 3.72. The van der Waals surface area contributed by atoms with Gasteiger partial charge < -0.3 is 4.74 Å². The third-order valence-corrected chi connectivity index (χ3v) is 7.98. The Bertz CT molecular complexity index is 957. The van der Waals surface area contributed by atoms with E-state index in [0.717, 1.165) is 29.7 Å². The van der Waals surface area contributed by atoms with Crippen LogP contribution in [0.1, 0.15) is 43.2 Å². The van der Waals surface area contributed by atoms with Crippen LogP contribution in [-0.4, -0.2) is 26.1 Å². The summed E-state index contributed by atoms with van der Waals surface area (Å²) in [7, 11) is -2.17. The molecule has 0 saturated heterocycles. The quantitative estimate of drug-likeness (QED) is 0.704. The van der Waals surface area contributed by atoms with Crippen LogP contribution < -0.4 is 4.74 Å². The van der Waals surface area contributed by atoms with Gasteiger partial charge in [0.25, 0.3) is 0 Å². The van der Waals surface area contributed by atoms with Crippen LogP contribution >= 0.6 is 0 Å². The average Bonchev–Trinajstić information content (AvgIpc) is 2.70. The first-order chi connectivity index (χ1) is 13.4. The Hall–Kier alpha value is -2.40. The van der Waals surface area contributed by atoms with Crippen molar-refractivity contribution in [3.05, 3.63) is 65.7 Å². The number of rotatable bonds is 6. The highest BCUT2D eigenvalue weighted by Crippen LogP contribution is 2.40. The molecule has 28 heavy (non-hydrogen) atoms. The summed E-state index contributed by atoms with van der Waals surface area (Å²) in [6.45, 7) is 1.91. The Kier molecular flexibility index (Phi) is 6.04. The summed E-state index contributed by atoms with van der Waals surface area (Å²) in [5.74, 6) is 0.594. The number of sulfone groups is 1. The molecule has 0 bridgehead atoms. The molecule has 0 amide bonds. The van der Waals surface area contributed by atoms with E-state index in [-0.39, 0.29) is 17.1 Å². The van der Waals surface area contributed by atoms with Gasteiger partial charge in [-0.05, 0) is 56.0 Å². The monoisotopic (exact) mass is 398 g/mol. The molecule has 1 aliphatic rings. The molecule has 2 aromatic carbocycles. The zero-order valence-electron chi connectivity index (χ0n) is 16.4. The van der Waals surface area contributed by atoms with Crippen LogP contribution in [0, 0.1) is 6.92 Å². The highest BCUT2D eigenvalue weighted by atomic mass is 32.2. The van der Waals surface area contributed by atoms with Gasteiger partial charge in [-0.3, -0.25) is 4.79 Å². The van der Waals surface area contributed by atoms with Crippen molar-refractivity contribution in [3.8, 4) is 5.75 Å². The lowest BCUT2D eigenvalue weighted by atomic mass is 9.84. The van der Waals surface area contributed by atoms with Gasteiger partial charge in [0.15, 0.2) is 15.6 Å². The number of ketones is 1. The number of carbonyl (C=O) groups is 1. The molecule has 1 atom stereocenters. The van der Waals surface area contributed by atoms with Crippen molar-refractivity contribution in [2.75, 3.05) is 7.11 Å². The molecule has 0 spiro atoms. The normalized spacial score (nSPS) is 20.4. The first-order valence-corrected chi connectivity index (χ1v) is 11.0. The molecule has 148 valence electrons. The van der Waals surface area contributed by atoms with Gasteiger partial charge in [-0.15, -0.1) is 0 Å². The molecule has 0 aliphatic heterocycles. The number of ether oxygens (including phenoxy) is 1. The van der Waals surface area contributed by atoms with Gasteiger partial charge in [-0.2, -0.15) is 0 Å². The van der Waals surface area contributed by atoms with Crippen LogP contribution in [0.3, 0.4) is 0 Å². The summed E-state index contributed by atoms with van der Waals surface area (Å²) in [4.78, 5) is 13.1. The molecule has 2 aromatic rings. The summed E-state index contributed by atoms with van der Waals surface area (Å²) >= 11 is 0. The number of methoxy groups -OCH3 is 1. The number of carbonyl (C=O) groups excluding carboxylic acids is 1. The maximum atomic E-state index is 13.5. The maximum Gasteiger partial charge on any atom is 0.191 e. The second-order valence-corrected chi connectivity index (χ2v) is 9.58. The molecule has 0 aromatic heterocycles. The van der Waals surface area contributed by atoms with Crippen molar-refractivity contribution < 1.29 is 17.9 Å². The van der Waals surface area contributed by atoms with Crippen molar-refractivity contribution in [1.29, 1.82) is 0 Å². The Morgan fingerprint density at radius 3 is 2.32 bits per heavy atom. The zero-order valence-corrected chi connectivity index (χ0v) is 17.2. The third-order valence-electron chi connectivity index (χ3n) is 5.46. The van der Waals surface area contributed by atoms with E-state index in [4.69, 9.17) is 4.74 Å². The van der Waals surface area contributed by atoms with Crippen molar-refractivity contribution in [3.63, 3.8) is 0 Å². The summed E-state index contributed by atoms with van der Waals surface area (Å²) in [5.41, 5.74) is 1.93. The van der Waals surface area contributed by atoms with Crippen molar-refractivity contribution >= 4 is 21.7 Å². The Labute approximate surface area is 167 Å². The van der Waals surface area contributed by atoms with Gasteiger partial charge in [0.2, 0.25) is 0 Å². The number of Topliss-reactive ketones (excluding diaryl/α,β-unsaturated/α-hetero) is 1. The number of aryl methyl sites for hydroxylation is 1. The van der Waals surface area contributed by atoms with E-state index in [1.807, 2.05) is 43.3 Å². The SMILES string of the molecule is COc1ccc(/C=C/C[C@]2(S(=O)(=O)c3ccc(C)cc3)CCCCC2=O)cc1. The second-order valence-electron chi connectivity index (χ2n) is 7.32. The molecule has 0 heterocycles. The minimum atomic E-state index is -3.78. The molecule has 0 N–H and O–H groups in total. The molecular weight excluding hydrogens is 372 g/mol. The molecule has 5 heteroatoms. The van der Waals surface area contributed by atoms with E-state index in [2.05, 4.69) is 0 Å². The zero-order chi connectivity index (χ0) is 20.2. The molecule has 0 radical (unpaired) electrons. The first-order valence-electron chi connectivity index (χ1n) is 9.54. The van der Waals surface area contributed by atoms with Gasteiger partial charge in [-0.1, -0.05) is 48.4 Å². The van der Waals surface area contributed by atoms with E-state index in [1.165, 1.54) is 0 Å². The summed E-state index contributed by atoms with van der Waals surface area (Å²) in [5, 5.41) is 0. The van der Waals surface area contributed by atoms with Gasteiger partial charge in [0, 0.05) is 6.42 Å². The van der Waals surface area contributed by atoms with Crippen molar-refractivity contribution in [2.24, 2.45) is 0 Å². The van der Waals surface area contributed by atoms with E-state index in [1.54, 1.807) is 31.4 Å². The maximum absolute atomic E-state index is 13.5. The van der Waals surface area contributed by atoms with Crippen LogP contribution in [0.5, 0.6) is 5.75 Å². The van der Waals surface area contributed by atoms with Crippen LogP contribution in [-0.2, 0) is 14.6 Å². The fraction of sp³-hybridized carbons (Fsp3) is 0.348. The molecular formula is C23H26O4S. The topological polar surface area (TPSA) is 60.4 Å². The minimum Gasteiger partial charge on any atom is -0.497 e. The van der Waals surface area contributed by atoms with Crippen LogP contribution in [0.4, 0.5) is 0 Å². The van der Waals surface area contributed by atoms with E-state index in [9.17, 15) is 13.2 Å². The summed E-state index contributed by atoms with van der Waals surface area (Å²) in [6.07, 6.45) is 6.06. The van der Waals surface area contributed by atoms with Gasteiger partial charge >= 0.3 is 0 Å². The van der Waals surface area contributed by atoms with E-state index in [0.29, 0.717) is 12.8 Å². The Morgan fingerprint density at radius 2 is 1.71 bits per heavy atom. The smallest absolute Gasteiger partial charge is 0.191 e.